The Morgan fingerprint density at radius 3 is 2.79 bits per heavy atom. The quantitative estimate of drug-likeness (QED) is 0.664. The molecule has 0 spiro atoms. The van der Waals surface area contributed by atoms with E-state index in [4.69, 9.17) is 0 Å². The van der Waals surface area contributed by atoms with E-state index in [1.54, 1.807) is 0 Å². The third-order valence-corrected chi connectivity index (χ3v) is 3.00. The minimum Gasteiger partial charge on any atom is -0.349 e. The van der Waals surface area contributed by atoms with Crippen molar-refractivity contribution in [3.63, 3.8) is 0 Å². The zero-order chi connectivity index (χ0) is 10.3. The lowest BCUT2D eigenvalue weighted by molar-refractivity contribution is 0.0929. The third-order valence-electron chi connectivity index (χ3n) is 3.00. The Bertz CT molecular complexity index is 396. The zero-order valence-electron chi connectivity index (χ0n) is 8.85. The standard InChI is InChI=1S/C12H15NO/c1-7-4-5-10-11(9(7)3)6-8(2)13-12(10)14/h4-5,8H,6H2,1-3H3,(H,13,14). The summed E-state index contributed by atoms with van der Waals surface area (Å²) < 4.78 is 0. The van der Waals surface area contributed by atoms with E-state index in [2.05, 4.69) is 19.2 Å². The monoisotopic (exact) mass is 189 g/mol. The number of amides is 1. The third kappa shape index (κ3) is 1.31. The van der Waals surface area contributed by atoms with Crippen LogP contribution in [0.4, 0.5) is 0 Å². The van der Waals surface area contributed by atoms with Crippen molar-refractivity contribution in [3.05, 3.63) is 34.4 Å². The fraction of sp³-hybridized carbons (Fsp3) is 0.417. The smallest absolute Gasteiger partial charge is 0.251 e. The molecule has 1 aromatic rings. The van der Waals surface area contributed by atoms with Crippen LogP contribution in [0, 0.1) is 13.8 Å². The van der Waals surface area contributed by atoms with Crippen LogP contribution in [0.3, 0.4) is 0 Å². The molecule has 1 amide bonds. The van der Waals surface area contributed by atoms with Gasteiger partial charge < -0.3 is 5.32 Å². The number of benzene rings is 1. The summed E-state index contributed by atoms with van der Waals surface area (Å²) in [4.78, 5) is 11.6. The fourth-order valence-electron chi connectivity index (χ4n) is 2.01. The molecule has 2 rings (SSSR count). The summed E-state index contributed by atoms with van der Waals surface area (Å²) in [5, 5.41) is 2.94. The molecular weight excluding hydrogens is 174 g/mol. The maximum Gasteiger partial charge on any atom is 0.251 e. The number of fused-ring (bicyclic) bond motifs is 1. The zero-order valence-corrected chi connectivity index (χ0v) is 8.85. The number of carbonyl (C=O) groups excluding carboxylic acids is 1. The van der Waals surface area contributed by atoms with E-state index in [-0.39, 0.29) is 11.9 Å². The molecule has 0 aromatic heterocycles. The Kier molecular flexibility index (Phi) is 2.06. The maximum absolute atomic E-state index is 11.6. The van der Waals surface area contributed by atoms with E-state index in [9.17, 15) is 4.79 Å². The molecule has 0 radical (unpaired) electrons. The van der Waals surface area contributed by atoms with Crippen molar-refractivity contribution >= 4 is 5.91 Å². The largest absolute Gasteiger partial charge is 0.349 e. The minimum absolute atomic E-state index is 0.0712. The molecule has 1 unspecified atom stereocenters. The summed E-state index contributed by atoms with van der Waals surface area (Å²) in [5.74, 6) is 0.0712. The summed E-state index contributed by atoms with van der Waals surface area (Å²) in [6.45, 7) is 6.23. The van der Waals surface area contributed by atoms with Gasteiger partial charge in [0.25, 0.3) is 5.91 Å². The molecule has 2 nitrogen and oxygen atoms in total. The highest BCUT2D eigenvalue weighted by Crippen LogP contribution is 2.22. The van der Waals surface area contributed by atoms with Gasteiger partial charge in [0.15, 0.2) is 0 Å². The van der Waals surface area contributed by atoms with E-state index in [1.807, 2.05) is 19.1 Å². The Labute approximate surface area is 84.3 Å². The first kappa shape index (κ1) is 9.25. The molecular formula is C12H15NO. The lowest BCUT2D eigenvalue weighted by atomic mass is 9.90. The van der Waals surface area contributed by atoms with Crippen LogP contribution in [0.15, 0.2) is 12.1 Å². The molecule has 1 atom stereocenters. The van der Waals surface area contributed by atoms with Crippen LogP contribution in [0.5, 0.6) is 0 Å². The molecule has 0 bridgehead atoms. The SMILES string of the molecule is Cc1ccc2c(c1C)CC(C)NC2=O. The topological polar surface area (TPSA) is 29.1 Å². The van der Waals surface area contributed by atoms with Gasteiger partial charge in [-0.15, -0.1) is 0 Å². The van der Waals surface area contributed by atoms with Crippen LogP contribution >= 0.6 is 0 Å². The van der Waals surface area contributed by atoms with Crippen molar-refractivity contribution in [3.8, 4) is 0 Å². The lowest BCUT2D eigenvalue weighted by Gasteiger charge is -2.24. The second-order valence-corrected chi connectivity index (χ2v) is 4.11. The van der Waals surface area contributed by atoms with Crippen molar-refractivity contribution in [2.75, 3.05) is 0 Å². The molecule has 0 aliphatic carbocycles. The molecule has 0 saturated carbocycles. The molecule has 2 heteroatoms. The van der Waals surface area contributed by atoms with Gasteiger partial charge in [-0.05, 0) is 49.9 Å². The normalized spacial score (nSPS) is 20.2. The molecule has 14 heavy (non-hydrogen) atoms. The van der Waals surface area contributed by atoms with Gasteiger partial charge in [0.2, 0.25) is 0 Å². The Hall–Kier alpha value is -1.31. The molecule has 74 valence electrons. The van der Waals surface area contributed by atoms with E-state index < -0.39 is 0 Å². The maximum atomic E-state index is 11.6. The van der Waals surface area contributed by atoms with Crippen LogP contribution < -0.4 is 5.32 Å². The second kappa shape index (κ2) is 3.12. The fourth-order valence-corrected chi connectivity index (χ4v) is 2.01. The summed E-state index contributed by atoms with van der Waals surface area (Å²) >= 11 is 0. The first-order chi connectivity index (χ1) is 6.59. The molecule has 0 saturated heterocycles. The minimum atomic E-state index is 0.0712. The number of carbonyl (C=O) groups is 1. The van der Waals surface area contributed by atoms with E-state index in [0.29, 0.717) is 0 Å². The van der Waals surface area contributed by atoms with Gasteiger partial charge in [-0.1, -0.05) is 6.07 Å². The van der Waals surface area contributed by atoms with Gasteiger partial charge in [0.1, 0.15) is 0 Å². The molecule has 1 aromatic carbocycles. The predicted octanol–water partition coefficient (Wildman–Crippen LogP) is 1.98. The summed E-state index contributed by atoms with van der Waals surface area (Å²) in [5.41, 5.74) is 4.61. The van der Waals surface area contributed by atoms with Gasteiger partial charge in [0.05, 0.1) is 0 Å². The molecule has 1 aliphatic rings. The number of nitrogens with one attached hydrogen (secondary N) is 1. The average molecular weight is 189 g/mol. The number of hydrogen-bond acceptors (Lipinski definition) is 1. The van der Waals surface area contributed by atoms with Crippen molar-refractivity contribution < 1.29 is 4.79 Å². The average Bonchev–Trinajstić information content (AvgIpc) is 2.12. The van der Waals surface area contributed by atoms with Crippen LogP contribution in [0.25, 0.3) is 0 Å². The van der Waals surface area contributed by atoms with Crippen LogP contribution in [0.1, 0.15) is 34.0 Å². The van der Waals surface area contributed by atoms with E-state index in [0.717, 1.165) is 12.0 Å². The molecule has 1 aliphatic heterocycles. The Morgan fingerprint density at radius 2 is 2.07 bits per heavy atom. The summed E-state index contributed by atoms with van der Waals surface area (Å²) in [7, 11) is 0. The van der Waals surface area contributed by atoms with Crippen molar-refractivity contribution in [1.29, 1.82) is 0 Å². The first-order valence-electron chi connectivity index (χ1n) is 4.99. The van der Waals surface area contributed by atoms with E-state index >= 15 is 0 Å². The summed E-state index contributed by atoms with van der Waals surface area (Å²) in [6, 6.07) is 4.21. The number of hydrogen-bond donors (Lipinski definition) is 1. The van der Waals surface area contributed by atoms with Gasteiger partial charge in [-0.3, -0.25) is 4.79 Å². The van der Waals surface area contributed by atoms with Crippen LogP contribution in [0.2, 0.25) is 0 Å². The van der Waals surface area contributed by atoms with Crippen LogP contribution in [-0.2, 0) is 6.42 Å². The van der Waals surface area contributed by atoms with Gasteiger partial charge in [-0.25, -0.2) is 0 Å². The number of aryl methyl sites for hydroxylation is 1. The molecule has 0 fully saturated rings. The van der Waals surface area contributed by atoms with Gasteiger partial charge in [-0.2, -0.15) is 0 Å². The highest BCUT2D eigenvalue weighted by atomic mass is 16.1. The number of rotatable bonds is 0. The van der Waals surface area contributed by atoms with Crippen LogP contribution in [-0.4, -0.2) is 11.9 Å². The van der Waals surface area contributed by atoms with Gasteiger partial charge in [0, 0.05) is 11.6 Å². The van der Waals surface area contributed by atoms with E-state index in [1.165, 1.54) is 16.7 Å². The molecule has 1 N–H and O–H groups in total. The van der Waals surface area contributed by atoms with Crippen molar-refractivity contribution in [2.24, 2.45) is 0 Å². The van der Waals surface area contributed by atoms with Crippen molar-refractivity contribution in [2.45, 2.75) is 33.2 Å². The van der Waals surface area contributed by atoms with Crippen molar-refractivity contribution in [1.82, 2.24) is 5.32 Å². The second-order valence-electron chi connectivity index (χ2n) is 4.11. The highest BCUT2D eigenvalue weighted by Gasteiger charge is 2.22. The molecule has 1 heterocycles. The highest BCUT2D eigenvalue weighted by molar-refractivity contribution is 5.97. The summed E-state index contributed by atoms with van der Waals surface area (Å²) in [6.07, 6.45) is 0.953. The first-order valence-corrected chi connectivity index (χ1v) is 4.99. The Morgan fingerprint density at radius 1 is 1.36 bits per heavy atom. The Balaban J connectivity index is 2.59. The lowest BCUT2D eigenvalue weighted by Crippen LogP contribution is -2.39. The predicted molar refractivity (Wildman–Crippen MR) is 56.5 cm³/mol. The van der Waals surface area contributed by atoms with Gasteiger partial charge >= 0.3 is 0 Å².